The van der Waals surface area contributed by atoms with Crippen molar-refractivity contribution in [1.82, 2.24) is 0 Å². The van der Waals surface area contributed by atoms with Crippen LogP contribution in [0, 0.1) is 13.8 Å². The lowest BCUT2D eigenvalue weighted by molar-refractivity contribution is 1.27. The molecule has 0 spiro atoms. The molecule has 0 aliphatic heterocycles. The normalized spacial score (nSPS) is 11.3. The summed E-state index contributed by atoms with van der Waals surface area (Å²) in [6.07, 6.45) is 2.26. The van der Waals surface area contributed by atoms with Gasteiger partial charge >= 0.3 is 0 Å². The summed E-state index contributed by atoms with van der Waals surface area (Å²) in [5, 5.41) is 0. The van der Waals surface area contributed by atoms with Crippen LogP contribution in [0.5, 0.6) is 0 Å². The summed E-state index contributed by atoms with van der Waals surface area (Å²) in [7, 11) is 0. The first-order valence-corrected chi connectivity index (χ1v) is 16.8. The summed E-state index contributed by atoms with van der Waals surface area (Å²) in [5.74, 6) is 0. The van der Waals surface area contributed by atoms with E-state index in [-0.39, 0.29) is 0 Å². The number of hydrogen-bond donors (Lipinski definition) is 0. The van der Waals surface area contributed by atoms with Gasteiger partial charge in [-0.15, -0.1) is 0 Å². The first kappa shape index (κ1) is 31.5. The quantitative estimate of drug-likeness (QED) is 0.146. The van der Waals surface area contributed by atoms with Crippen LogP contribution < -0.4 is 9.80 Å². The second-order valence-electron chi connectivity index (χ2n) is 12.6. The van der Waals surface area contributed by atoms with Crippen LogP contribution in [0.2, 0.25) is 0 Å². The molecule has 7 aromatic rings. The summed E-state index contributed by atoms with van der Waals surface area (Å²) in [6.45, 7) is 6.44. The van der Waals surface area contributed by atoms with Gasteiger partial charge in [0.05, 0.1) is 0 Å². The number of hydrogen-bond acceptors (Lipinski definition) is 2. The maximum absolute atomic E-state index is 2.31. The lowest BCUT2D eigenvalue weighted by atomic mass is 9.99. The smallest absolute Gasteiger partial charge is 0.0462 e. The van der Waals surface area contributed by atoms with Crippen molar-refractivity contribution >= 4 is 45.8 Å². The number of allylic oxidation sites excluding steroid dienone is 1. The monoisotopic (exact) mass is 632 g/mol. The molecule has 0 atom stereocenters. The van der Waals surface area contributed by atoms with E-state index in [1.165, 1.54) is 39.0 Å². The third kappa shape index (κ3) is 7.25. The van der Waals surface area contributed by atoms with E-state index in [0.29, 0.717) is 0 Å². The Hall–Kier alpha value is -6.12. The van der Waals surface area contributed by atoms with Crippen LogP contribution in [0.1, 0.15) is 29.2 Å². The number of aryl methyl sites for hydroxylation is 2. The van der Waals surface area contributed by atoms with Gasteiger partial charge in [-0.25, -0.2) is 0 Å². The molecule has 0 aromatic heterocycles. The molecule has 0 aliphatic rings. The number of nitrogens with zero attached hydrogens (tertiary/aromatic N) is 2. The van der Waals surface area contributed by atoms with Crippen LogP contribution in [-0.2, 0) is 0 Å². The topological polar surface area (TPSA) is 6.48 Å². The van der Waals surface area contributed by atoms with Crippen molar-refractivity contribution in [3.63, 3.8) is 0 Å². The third-order valence-electron chi connectivity index (χ3n) is 8.95. The van der Waals surface area contributed by atoms with Crippen molar-refractivity contribution in [3.8, 4) is 11.1 Å². The molecule has 7 aromatic carbocycles. The van der Waals surface area contributed by atoms with Gasteiger partial charge < -0.3 is 9.80 Å². The largest absolute Gasteiger partial charge is 0.311 e. The second-order valence-corrected chi connectivity index (χ2v) is 12.6. The van der Waals surface area contributed by atoms with Gasteiger partial charge in [0.25, 0.3) is 0 Å². The molecule has 0 heterocycles. The van der Waals surface area contributed by atoms with Crippen LogP contribution >= 0.6 is 0 Å². The second kappa shape index (κ2) is 14.3. The number of para-hydroxylation sites is 2. The average molecular weight is 633 g/mol. The summed E-state index contributed by atoms with van der Waals surface area (Å²) < 4.78 is 0. The molecule has 0 unspecified atom stereocenters. The molecule has 49 heavy (non-hydrogen) atoms. The number of rotatable bonds is 9. The summed E-state index contributed by atoms with van der Waals surface area (Å²) in [4.78, 5) is 4.60. The zero-order valence-corrected chi connectivity index (χ0v) is 28.3. The molecule has 0 radical (unpaired) electrons. The van der Waals surface area contributed by atoms with E-state index in [1.807, 2.05) is 0 Å². The Morgan fingerprint density at radius 3 is 1.10 bits per heavy atom. The lowest BCUT2D eigenvalue weighted by Gasteiger charge is -2.26. The third-order valence-corrected chi connectivity index (χ3v) is 8.95. The predicted molar refractivity (Wildman–Crippen MR) is 211 cm³/mol. The van der Waals surface area contributed by atoms with E-state index in [2.05, 4.69) is 219 Å². The minimum absolute atomic E-state index is 1.13. The minimum Gasteiger partial charge on any atom is -0.311 e. The van der Waals surface area contributed by atoms with Gasteiger partial charge in [-0.05, 0) is 121 Å². The maximum Gasteiger partial charge on any atom is 0.0462 e. The maximum atomic E-state index is 2.31. The first-order chi connectivity index (χ1) is 24.0. The van der Waals surface area contributed by atoms with Gasteiger partial charge in [-0.2, -0.15) is 0 Å². The van der Waals surface area contributed by atoms with E-state index >= 15 is 0 Å². The van der Waals surface area contributed by atoms with Crippen LogP contribution in [0.3, 0.4) is 0 Å². The Kier molecular flexibility index (Phi) is 9.21. The van der Waals surface area contributed by atoms with Crippen molar-refractivity contribution in [2.45, 2.75) is 20.8 Å². The molecule has 7 rings (SSSR count). The zero-order chi connectivity index (χ0) is 33.6. The molecule has 0 saturated carbocycles. The van der Waals surface area contributed by atoms with Crippen LogP contribution in [0.15, 0.2) is 182 Å². The molecule has 0 N–H and O–H groups in total. The fraction of sp³-hybridized carbons (Fsp3) is 0.0638. The van der Waals surface area contributed by atoms with E-state index in [0.717, 1.165) is 34.1 Å². The SMILES string of the molecule is C/C(=C\c1ccc(N(c2ccccc2)c2ccccc2)cc1)c1ccc(-c2ccc(N(c3ccc(C)cc3)c3ccc(C)cc3)cc2)cc1. The molecular weight excluding hydrogens is 593 g/mol. The highest BCUT2D eigenvalue weighted by atomic mass is 15.1. The van der Waals surface area contributed by atoms with E-state index in [9.17, 15) is 0 Å². The van der Waals surface area contributed by atoms with Crippen molar-refractivity contribution in [3.05, 3.63) is 204 Å². The average Bonchev–Trinajstić information content (AvgIpc) is 3.15. The van der Waals surface area contributed by atoms with Crippen molar-refractivity contribution in [1.29, 1.82) is 0 Å². The Morgan fingerprint density at radius 2 is 0.694 bits per heavy atom. The van der Waals surface area contributed by atoms with Crippen LogP contribution in [0.25, 0.3) is 22.8 Å². The molecule has 238 valence electrons. The molecular formula is C47H40N2. The Labute approximate surface area is 290 Å². The van der Waals surface area contributed by atoms with Crippen molar-refractivity contribution < 1.29 is 0 Å². The standard InChI is InChI=1S/C47H40N2/c1-35-14-26-44(27-15-35)49(45-28-16-36(2)17-29-45)47-32-24-41(25-33-47)40-22-20-39(21-23-40)37(3)34-38-18-30-46(31-19-38)48(42-10-6-4-7-11-42)43-12-8-5-9-13-43/h4-34H,1-3H3/b37-34+. The highest BCUT2D eigenvalue weighted by Crippen LogP contribution is 2.37. The van der Waals surface area contributed by atoms with Gasteiger partial charge in [-0.1, -0.05) is 126 Å². The van der Waals surface area contributed by atoms with Gasteiger partial charge in [-0.3, -0.25) is 0 Å². The van der Waals surface area contributed by atoms with Gasteiger partial charge in [0.1, 0.15) is 0 Å². The number of anilines is 6. The van der Waals surface area contributed by atoms with E-state index < -0.39 is 0 Å². The van der Waals surface area contributed by atoms with Crippen LogP contribution in [-0.4, -0.2) is 0 Å². The van der Waals surface area contributed by atoms with E-state index in [1.54, 1.807) is 0 Å². The summed E-state index contributed by atoms with van der Waals surface area (Å²) >= 11 is 0. The highest BCUT2D eigenvalue weighted by Gasteiger charge is 2.14. The summed E-state index contributed by atoms with van der Waals surface area (Å²) in [5.41, 5.74) is 15.3. The molecule has 2 heteroatoms. The Balaban J connectivity index is 1.09. The molecule has 0 fully saturated rings. The van der Waals surface area contributed by atoms with Crippen molar-refractivity contribution in [2.24, 2.45) is 0 Å². The Bertz CT molecular complexity index is 2040. The van der Waals surface area contributed by atoms with Gasteiger partial charge in [0, 0.05) is 34.1 Å². The predicted octanol–water partition coefficient (Wildman–Crippen LogP) is 13.5. The fourth-order valence-corrected chi connectivity index (χ4v) is 6.22. The highest BCUT2D eigenvalue weighted by molar-refractivity contribution is 5.83. The first-order valence-electron chi connectivity index (χ1n) is 16.8. The zero-order valence-electron chi connectivity index (χ0n) is 28.3. The van der Waals surface area contributed by atoms with Gasteiger partial charge in [0.15, 0.2) is 0 Å². The van der Waals surface area contributed by atoms with E-state index in [4.69, 9.17) is 0 Å². The fourth-order valence-electron chi connectivity index (χ4n) is 6.22. The molecule has 2 nitrogen and oxygen atoms in total. The van der Waals surface area contributed by atoms with Crippen molar-refractivity contribution in [2.75, 3.05) is 9.80 Å². The Morgan fingerprint density at radius 1 is 0.367 bits per heavy atom. The molecule has 0 bridgehead atoms. The lowest BCUT2D eigenvalue weighted by Crippen LogP contribution is -2.09. The van der Waals surface area contributed by atoms with Crippen LogP contribution in [0.4, 0.5) is 34.1 Å². The number of benzene rings is 7. The molecule has 0 aliphatic carbocycles. The summed E-state index contributed by atoms with van der Waals surface area (Å²) in [6, 6.07) is 65.0. The molecule has 0 amide bonds. The molecule has 0 saturated heterocycles. The minimum atomic E-state index is 1.13. The van der Waals surface area contributed by atoms with Gasteiger partial charge in [0.2, 0.25) is 0 Å².